The van der Waals surface area contributed by atoms with Crippen LogP contribution in [0.5, 0.6) is 0 Å². The lowest BCUT2D eigenvalue weighted by atomic mass is 9.98. The highest BCUT2D eigenvalue weighted by Gasteiger charge is 2.28. The maximum absolute atomic E-state index is 14.4. The van der Waals surface area contributed by atoms with Gasteiger partial charge in [0, 0.05) is 18.2 Å². The number of fused-ring (bicyclic) bond motifs is 1. The van der Waals surface area contributed by atoms with Gasteiger partial charge in [-0.15, -0.1) is 0 Å². The molecular formula is C17H14BrFN2O3. The Morgan fingerprint density at radius 3 is 2.79 bits per heavy atom. The van der Waals surface area contributed by atoms with Crippen molar-refractivity contribution >= 4 is 33.2 Å². The summed E-state index contributed by atoms with van der Waals surface area (Å²) in [5.74, 6) is -0.876. The van der Waals surface area contributed by atoms with E-state index in [1.165, 1.54) is 29.2 Å². The Balaban J connectivity index is 2.04. The molecule has 1 heterocycles. The molecule has 0 aliphatic carbocycles. The number of anilines is 1. The van der Waals surface area contributed by atoms with E-state index >= 15 is 0 Å². The Morgan fingerprint density at radius 1 is 1.33 bits per heavy atom. The van der Waals surface area contributed by atoms with Crippen LogP contribution in [0.2, 0.25) is 0 Å². The van der Waals surface area contributed by atoms with Crippen molar-refractivity contribution < 1.29 is 14.1 Å². The van der Waals surface area contributed by atoms with E-state index in [2.05, 4.69) is 15.9 Å². The largest absolute Gasteiger partial charge is 0.305 e. The fourth-order valence-electron chi connectivity index (χ4n) is 2.98. The fourth-order valence-corrected chi connectivity index (χ4v) is 3.37. The molecule has 124 valence electrons. The summed E-state index contributed by atoms with van der Waals surface area (Å²) in [5.41, 5.74) is 1.85. The van der Waals surface area contributed by atoms with Gasteiger partial charge in [-0.25, -0.2) is 4.39 Å². The Morgan fingerprint density at radius 2 is 2.08 bits per heavy atom. The molecule has 1 aliphatic heterocycles. The molecule has 0 unspecified atom stereocenters. The molecule has 0 fully saturated rings. The van der Waals surface area contributed by atoms with E-state index in [1.54, 1.807) is 0 Å². The second kappa shape index (κ2) is 6.32. The number of benzene rings is 2. The van der Waals surface area contributed by atoms with Gasteiger partial charge in [0.1, 0.15) is 5.82 Å². The summed E-state index contributed by atoms with van der Waals surface area (Å²) in [6.07, 6.45) is 1.43. The van der Waals surface area contributed by atoms with Gasteiger partial charge < -0.3 is 4.90 Å². The summed E-state index contributed by atoms with van der Waals surface area (Å²) in [5, 5.41) is 11.1. The molecule has 0 radical (unpaired) electrons. The molecule has 0 atom stereocenters. The van der Waals surface area contributed by atoms with Gasteiger partial charge >= 0.3 is 0 Å². The van der Waals surface area contributed by atoms with Crippen molar-refractivity contribution in [2.24, 2.45) is 0 Å². The number of amides is 1. The highest BCUT2D eigenvalue weighted by atomic mass is 79.9. The maximum atomic E-state index is 14.4. The lowest BCUT2D eigenvalue weighted by Crippen LogP contribution is -2.36. The van der Waals surface area contributed by atoms with E-state index in [0.29, 0.717) is 17.4 Å². The number of halogens is 2. The van der Waals surface area contributed by atoms with Crippen molar-refractivity contribution in [2.75, 3.05) is 11.4 Å². The lowest BCUT2D eigenvalue weighted by molar-refractivity contribution is -0.385. The van der Waals surface area contributed by atoms with E-state index in [9.17, 15) is 19.3 Å². The van der Waals surface area contributed by atoms with Crippen LogP contribution in [0.3, 0.4) is 0 Å². The lowest BCUT2D eigenvalue weighted by Gasteiger charge is -2.30. The first-order chi connectivity index (χ1) is 11.4. The molecule has 2 aromatic carbocycles. The van der Waals surface area contributed by atoms with Crippen LogP contribution >= 0.6 is 15.9 Å². The number of nitrogens with zero attached hydrogens (tertiary/aromatic N) is 2. The molecule has 1 amide bonds. The zero-order chi connectivity index (χ0) is 17.4. The molecule has 0 saturated heterocycles. The summed E-state index contributed by atoms with van der Waals surface area (Å²) in [7, 11) is 0. The van der Waals surface area contributed by atoms with Crippen LogP contribution in [0.15, 0.2) is 34.8 Å². The van der Waals surface area contributed by atoms with Gasteiger partial charge in [-0.2, -0.15) is 0 Å². The van der Waals surface area contributed by atoms with Crippen molar-refractivity contribution in [2.45, 2.75) is 19.8 Å². The number of nitro groups is 1. The molecule has 0 N–H and O–H groups in total. The Kier molecular flexibility index (Phi) is 4.36. The number of nitro benzene ring substituents is 1. The van der Waals surface area contributed by atoms with E-state index in [4.69, 9.17) is 0 Å². The number of carbonyl (C=O) groups is 1. The first-order valence-electron chi connectivity index (χ1n) is 7.43. The third kappa shape index (κ3) is 2.91. The quantitative estimate of drug-likeness (QED) is 0.561. The Bertz CT molecular complexity index is 854. The third-order valence-corrected chi connectivity index (χ3v) is 4.69. The Hall–Kier alpha value is -2.28. The maximum Gasteiger partial charge on any atom is 0.284 e. The normalized spacial score (nSPS) is 13.5. The minimum absolute atomic E-state index is 0.165. The molecular weight excluding hydrogens is 379 g/mol. The molecule has 7 heteroatoms. The fraction of sp³-hybridized carbons (Fsp3) is 0.235. The number of hydrogen-bond donors (Lipinski definition) is 0. The average Bonchev–Trinajstić information content (AvgIpc) is 2.53. The third-order valence-electron chi connectivity index (χ3n) is 4.02. The number of aryl methyl sites for hydroxylation is 2. The van der Waals surface area contributed by atoms with Crippen LogP contribution in [0.25, 0.3) is 0 Å². The van der Waals surface area contributed by atoms with Gasteiger partial charge in [0.05, 0.1) is 15.1 Å². The first kappa shape index (κ1) is 16.6. The molecule has 3 rings (SSSR count). The second-order valence-electron chi connectivity index (χ2n) is 5.74. The summed E-state index contributed by atoms with van der Waals surface area (Å²) in [6, 6.07) is 7.45. The standard InChI is InChI=1S/C17H14BrFN2O3/c1-10-7-11-3-2-6-20(16(11)14(19)8-10)17(22)12-4-5-13(18)15(9-12)21(23)24/h4-5,7-9H,2-3,6H2,1H3. The van der Waals surface area contributed by atoms with Crippen LogP contribution in [-0.4, -0.2) is 17.4 Å². The number of rotatable bonds is 2. The topological polar surface area (TPSA) is 63.5 Å². The van der Waals surface area contributed by atoms with Gasteiger partial charge in [0.25, 0.3) is 11.6 Å². The van der Waals surface area contributed by atoms with Crippen LogP contribution in [0.1, 0.15) is 27.9 Å². The van der Waals surface area contributed by atoms with Gasteiger partial charge in [0.2, 0.25) is 0 Å². The molecule has 24 heavy (non-hydrogen) atoms. The summed E-state index contributed by atoms with van der Waals surface area (Å²) < 4.78 is 14.7. The summed E-state index contributed by atoms with van der Waals surface area (Å²) >= 11 is 3.09. The van der Waals surface area contributed by atoms with Crippen LogP contribution < -0.4 is 4.90 Å². The highest BCUT2D eigenvalue weighted by Crippen LogP contribution is 2.33. The first-order valence-corrected chi connectivity index (χ1v) is 8.22. The van der Waals surface area contributed by atoms with Crippen molar-refractivity contribution in [1.82, 2.24) is 0 Å². The van der Waals surface area contributed by atoms with Crippen molar-refractivity contribution in [3.05, 3.63) is 67.4 Å². The predicted octanol–water partition coefficient (Wildman–Crippen LogP) is 4.40. The van der Waals surface area contributed by atoms with Crippen molar-refractivity contribution in [1.29, 1.82) is 0 Å². The highest BCUT2D eigenvalue weighted by molar-refractivity contribution is 9.10. The summed E-state index contributed by atoms with van der Waals surface area (Å²) in [4.78, 5) is 24.7. The molecule has 2 aromatic rings. The molecule has 0 bridgehead atoms. The summed E-state index contributed by atoms with van der Waals surface area (Å²) in [6.45, 7) is 2.19. The minimum atomic E-state index is -0.561. The monoisotopic (exact) mass is 392 g/mol. The predicted molar refractivity (Wildman–Crippen MR) is 91.9 cm³/mol. The second-order valence-corrected chi connectivity index (χ2v) is 6.59. The Labute approximate surface area is 146 Å². The molecule has 0 saturated carbocycles. The minimum Gasteiger partial charge on any atom is -0.305 e. The average molecular weight is 393 g/mol. The number of hydrogen-bond acceptors (Lipinski definition) is 3. The van der Waals surface area contributed by atoms with E-state index in [-0.39, 0.29) is 16.9 Å². The van der Waals surface area contributed by atoms with Gasteiger partial charge in [-0.05, 0) is 65.0 Å². The van der Waals surface area contributed by atoms with Crippen LogP contribution in [0, 0.1) is 22.9 Å². The van der Waals surface area contributed by atoms with E-state index in [0.717, 1.165) is 17.5 Å². The molecule has 1 aliphatic rings. The smallest absolute Gasteiger partial charge is 0.284 e. The molecule has 0 aromatic heterocycles. The SMILES string of the molecule is Cc1cc(F)c2c(c1)CCCN2C(=O)c1ccc(Br)c([N+](=O)[O-])c1. The van der Waals surface area contributed by atoms with Gasteiger partial charge in [-0.1, -0.05) is 6.07 Å². The van der Waals surface area contributed by atoms with Gasteiger partial charge in [0.15, 0.2) is 0 Å². The molecule has 5 nitrogen and oxygen atoms in total. The molecule has 0 spiro atoms. The zero-order valence-corrected chi connectivity index (χ0v) is 14.5. The number of carbonyl (C=O) groups excluding carboxylic acids is 1. The van der Waals surface area contributed by atoms with Crippen LogP contribution in [-0.2, 0) is 6.42 Å². The van der Waals surface area contributed by atoms with E-state index < -0.39 is 16.6 Å². The zero-order valence-electron chi connectivity index (χ0n) is 12.9. The van der Waals surface area contributed by atoms with E-state index in [1.807, 2.05) is 13.0 Å². The van der Waals surface area contributed by atoms with Crippen LogP contribution in [0.4, 0.5) is 15.8 Å². The van der Waals surface area contributed by atoms with Crippen molar-refractivity contribution in [3.8, 4) is 0 Å². The van der Waals surface area contributed by atoms with Gasteiger partial charge in [-0.3, -0.25) is 14.9 Å². The van der Waals surface area contributed by atoms with Crippen molar-refractivity contribution in [3.63, 3.8) is 0 Å².